The lowest BCUT2D eigenvalue weighted by molar-refractivity contribution is -0.111. The average Bonchev–Trinajstić information content (AvgIpc) is 3.19. The average molecular weight is 322 g/mol. The summed E-state index contributed by atoms with van der Waals surface area (Å²) >= 11 is 0. The monoisotopic (exact) mass is 322 g/mol. The summed E-state index contributed by atoms with van der Waals surface area (Å²) in [6.07, 6.45) is 7.15. The first kappa shape index (κ1) is 14.7. The molecule has 0 radical (unpaired) electrons. The van der Waals surface area contributed by atoms with Gasteiger partial charge in [-0.05, 0) is 37.8 Å². The normalized spacial score (nSPS) is 15.9. The summed E-state index contributed by atoms with van der Waals surface area (Å²) in [5.41, 5.74) is 1.47. The van der Waals surface area contributed by atoms with E-state index in [0.717, 1.165) is 5.52 Å². The Labute approximate surface area is 139 Å². The molecular formula is C18H18N4O2. The third-order valence-electron chi connectivity index (χ3n) is 4.30. The molecule has 0 aliphatic heterocycles. The molecule has 24 heavy (non-hydrogen) atoms. The predicted molar refractivity (Wildman–Crippen MR) is 91.3 cm³/mol. The van der Waals surface area contributed by atoms with Crippen LogP contribution in [0.1, 0.15) is 31.7 Å². The first-order valence-corrected chi connectivity index (χ1v) is 8.09. The van der Waals surface area contributed by atoms with Crippen LogP contribution < -0.4 is 5.32 Å². The van der Waals surface area contributed by atoms with Crippen molar-refractivity contribution in [1.82, 2.24) is 14.8 Å². The smallest absolute Gasteiger partial charge is 0.249 e. The number of rotatable bonds is 5. The highest BCUT2D eigenvalue weighted by atomic mass is 16.3. The Morgan fingerprint density at radius 3 is 3.00 bits per heavy atom. The number of oxazole rings is 1. The molecule has 6 nitrogen and oxygen atoms in total. The van der Waals surface area contributed by atoms with Crippen LogP contribution in [-0.4, -0.2) is 20.7 Å². The molecule has 0 bridgehead atoms. The summed E-state index contributed by atoms with van der Waals surface area (Å²) in [7, 11) is 0. The third-order valence-corrected chi connectivity index (χ3v) is 4.30. The molecule has 6 heteroatoms. The van der Waals surface area contributed by atoms with E-state index in [1.165, 1.54) is 18.9 Å². The molecule has 0 spiro atoms. The molecule has 1 amide bonds. The van der Waals surface area contributed by atoms with Crippen LogP contribution in [0.4, 0.5) is 5.82 Å². The van der Waals surface area contributed by atoms with Gasteiger partial charge in [-0.2, -0.15) is 5.10 Å². The Morgan fingerprint density at radius 2 is 2.21 bits per heavy atom. The Hall–Kier alpha value is -2.89. The molecule has 122 valence electrons. The van der Waals surface area contributed by atoms with Crippen molar-refractivity contribution in [3.63, 3.8) is 0 Å². The van der Waals surface area contributed by atoms with Crippen molar-refractivity contribution in [1.29, 1.82) is 0 Å². The summed E-state index contributed by atoms with van der Waals surface area (Å²) in [5, 5.41) is 7.19. The van der Waals surface area contributed by atoms with Gasteiger partial charge in [-0.25, -0.2) is 9.67 Å². The number of para-hydroxylation sites is 2. The molecule has 2 heterocycles. The molecule has 1 aliphatic carbocycles. The second kappa shape index (κ2) is 5.96. The summed E-state index contributed by atoms with van der Waals surface area (Å²) in [4.78, 5) is 16.5. The maximum Gasteiger partial charge on any atom is 0.249 e. The maximum atomic E-state index is 12.2. The lowest BCUT2D eigenvalue weighted by Crippen LogP contribution is -2.16. The van der Waals surface area contributed by atoms with Crippen LogP contribution in [0.5, 0.6) is 0 Å². The number of benzene rings is 1. The number of hydrogen-bond acceptors (Lipinski definition) is 4. The molecular weight excluding hydrogens is 304 g/mol. The summed E-state index contributed by atoms with van der Waals surface area (Å²) in [6, 6.07) is 9.61. The summed E-state index contributed by atoms with van der Waals surface area (Å²) < 4.78 is 7.44. The zero-order valence-electron chi connectivity index (χ0n) is 13.3. The number of carbonyl (C=O) groups is 1. The van der Waals surface area contributed by atoms with Gasteiger partial charge in [0, 0.05) is 18.2 Å². The number of fused-ring (bicyclic) bond motifs is 1. The van der Waals surface area contributed by atoms with Crippen LogP contribution >= 0.6 is 0 Å². The van der Waals surface area contributed by atoms with Crippen molar-refractivity contribution in [3.8, 4) is 0 Å². The number of carbonyl (C=O) groups excluding carboxylic acids is 1. The minimum absolute atomic E-state index is 0.234. The second-order valence-corrected chi connectivity index (χ2v) is 6.08. The molecule has 1 atom stereocenters. The molecule has 3 aromatic rings. The van der Waals surface area contributed by atoms with Crippen LogP contribution in [-0.2, 0) is 4.79 Å². The minimum atomic E-state index is -0.234. The van der Waals surface area contributed by atoms with Crippen molar-refractivity contribution in [3.05, 3.63) is 48.5 Å². The SMILES string of the molecule is CC(C1CC1)n1nccc1NC(=O)/C=C/c1nc2ccccc2o1. The molecule has 2 aromatic heterocycles. The number of hydrogen-bond donors (Lipinski definition) is 1. The first-order chi connectivity index (χ1) is 11.7. The van der Waals surface area contributed by atoms with Crippen molar-refractivity contribution in [2.45, 2.75) is 25.8 Å². The predicted octanol–water partition coefficient (Wildman–Crippen LogP) is 3.65. The fourth-order valence-corrected chi connectivity index (χ4v) is 2.79. The maximum absolute atomic E-state index is 12.2. The molecule has 1 unspecified atom stereocenters. The number of nitrogens with one attached hydrogen (secondary N) is 1. The Balaban J connectivity index is 1.45. The quantitative estimate of drug-likeness (QED) is 0.728. The van der Waals surface area contributed by atoms with E-state index in [0.29, 0.717) is 29.3 Å². The van der Waals surface area contributed by atoms with Crippen molar-refractivity contribution < 1.29 is 9.21 Å². The van der Waals surface area contributed by atoms with E-state index in [4.69, 9.17) is 4.42 Å². The van der Waals surface area contributed by atoms with Gasteiger partial charge < -0.3 is 9.73 Å². The van der Waals surface area contributed by atoms with Gasteiger partial charge in [0.15, 0.2) is 5.58 Å². The van der Waals surface area contributed by atoms with E-state index >= 15 is 0 Å². The van der Waals surface area contributed by atoms with Crippen LogP contribution in [0.3, 0.4) is 0 Å². The van der Waals surface area contributed by atoms with Crippen LogP contribution in [0.2, 0.25) is 0 Å². The summed E-state index contributed by atoms with van der Waals surface area (Å²) in [5.74, 6) is 1.55. The van der Waals surface area contributed by atoms with Gasteiger partial charge in [0.1, 0.15) is 11.3 Å². The van der Waals surface area contributed by atoms with Gasteiger partial charge in [0.2, 0.25) is 11.8 Å². The lowest BCUT2D eigenvalue weighted by atomic mass is 10.2. The number of amides is 1. The molecule has 1 N–H and O–H groups in total. The van der Waals surface area contributed by atoms with Gasteiger partial charge in [0.05, 0.1) is 12.2 Å². The lowest BCUT2D eigenvalue weighted by Gasteiger charge is -2.14. The second-order valence-electron chi connectivity index (χ2n) is 6.08. The van der Waals surface area contributed by atoms with E-state index < -0.39 is 0 Å². The van der Waals surface area contributed by atoms with E-state index in [1.807, 2.05) is 35.0 Å². The number of aromatic nitrogens is 3. The van der Waals surface area contributed by atoms with Crippen LogP contribution in [0, 0.1) is 5.92 Å². The molecule has 1 fully saturated rings. The minimum Gasteiger partial charge on any atom is -0.437 e. The zero-order chi connectivity index (χ0) is 16.5. The van der Waals surface area contributed by atoms with Gasteiger partial charge in [-0.15, -0.1) is 0 Å². The van der Waals surface area contributed by atoms with Crippen molar-refractivity contribution in [2.24, 2.45) is 5.92 Å². The molecule has 4 rings (SSSR count). The summed E-state index contributed by atoms with van der Waals surface area (Å²) in [6.45, 7) is 2.13. The van der Waals surface area contributed by atoms with Crippen molar-refractivity contribution >= 4 is 28.9 Å². The Kier molecular flexibility index (Phi) is 3.65. The highest BCUT2D eigenvalue weighted by Crippen LogP contribution is 2.40. The first-order valence-electron chi connectivity index (χ1n) is 8.09. The zero-order valence-corrected chi connectivity index (χ0v) is 13.3. The fourth-order valence-electron chi connectivity index (χ4n) is 2.79. The molecule has 0 saturated heterocycles. The highest BCUT2D eigenvalue weighted by molar-refractivity contribution is 6.01. The molecule has 1 saturated carbocycles. The third kappa shape index (κ3) is 2.95. The van der Waals surface area contributed by atoms with E-state index in [-0.39, 0.29) is 5.91 Å². The fraction of sp³-hybridized carbons (Fsp3) is 0.278. The van der Waals surface area contributed by atoms with E-state index in [9.17, 15) is 4.79 Å². The largest absolute Gasteiger partial charge is 0.437 e. The van der Waals surface area contributed by atoms with E-state index in [2.05, 4.69) is 22.3 Å². The number of nitrogens with zero attached hydrogens (tertiary/aromatic N) is 3. The molecule has 1 aliphatic rings. The van der Waals surface area contributed by atoms with Gasteiger partial charge in [-0.1, -0.05) is 12.1 Å². The highest BCUT2D eigenvalue weighted by Gasteiger charge is 2.30. The standard InChI is InChI=1S/C18H18N4O2/c1-12(13-6-7-13)22-16(10-11-19-22)21-17(23)8-9-18-20-14-4-2-3-5-15(14)24-18/h2-5,8-13H,6-7H2,1H3,(H,21,23)/b9-8+. The van der Waals surface area contributed by atoms with Crippen LogP contribution in [0.25, 0.3) is 17.2 Å². The topological polar surface area (TPSA) is 73.0 Å². The number of anilines is 1. The van der Waals surface area contributed by atoms with Gasteiger partial charge in [0.25, 0.3) is 0 Å². The van der Waals surface area contributed by atoms with Crippen LogP contribution in [0.15, 0.2) is 47.0 Å². The van der Waals surface area contributed by atoms with Crippen molar-refractivity contribution in [2.75, 3.05) is 5.32 Å². The Bertz CT molecular complexity index is 872. The van der Waals surface area contributed by atoms with E-state index in [1.54, 1.807) is 12.3 Å². The Morgan fingerprint density at radius 1 is 1.38 bits per heavy atom. The van der Waals surface area contributed by atoms with Gasteiger partial charge in [-0.3, -0.25) is 4.79 Å². The molecule has 1 aromatic carbocycles. The van der Waals surface area contributed by atoms with Gasteiger partial charge >= 0.3 is 0 Å².